The molecular weight excluding hydrogens is 442 g/mol. The summed E-state index contributed by atoms with van der Waals surface area (Å²) in [6.07, 6.45) is 0.834. The van der Waals surface area contributed by atoms with Gasteiger partial charge in [-0.3, -0.25) is 24.8 Å². The van der Waals surface area contributed by atoms with Gasteiger partial charge in [0, 0.05) is 42.9 Å². The molecule has 1 aromatic carbocycles. The number of benzene rings is 1. The van der Waals surface area contributed by atoms with Crippen molar-refractivity contribution >= 4 is 11.6 Å². The highest BCUT2D eigenvalue weighted by molar-refractivity contribution is 5.93. The average molecular weight is 465 g/mol. The summed E-state index contributed by atoms with van der Waals surface area (Å²) in [5.41, 5.74) is 1.48. The first-order chi connectivity index (χ1) is 16.4. The molecule has 2 aliphatic rings. The first-order valence-electron chi connectivity index (χ1n) is 10.8. The molecule has 176 valence electrons. The lowest BCUT2D eigenvalue weighted by Crippen LogP contribution is -2.49. The van der Waals surface area contributed by atoms with E-state index in [0.29, 0.717) is 42.5 Å². The number of hydrogen-bond acceptors (Lipinski definition) is 7. The Morgan fingerprint density at radius 1 is 1.12 bits per heavy atom. The van der Waals surface area contributed by atoms with Crippen LogP contribution in [0.2, 0.25) is 0 Å². The van der Waals surface area contributed by atoms with Crippen molar-refractivity contribution in [2.24, 2.45) is 5.92 Å². The van der Waals surface area contributed by atoms with Crippen LogP contribution in [0, 0.1) is 16.0 Å². The van der Waals surface area contributed by atoms with Gasteiger partial charge in [-0.25, -0.2) is 0 Å². The molecule has 0 saturated carbocycles. The fraction of sp³-hybridized carbons (Fsp3) is 0.348. The van der Waals surface area contributed by atoms with Gasteiger partial charge < -0.3 is 18.9 Å². The van der Waals surface area contributed by atoms with E-state index in [2.05, 4.69) is 10.2 Å². The minimum atomic E-state index is -0.649. The highest BCUT2D eigenvalue weighted by Crippen LogP contribution is 2.36. The van der Waals surface area contributed by atoms with Gasteiger partial charge in [-0.15, -0.1) is 0 Å². The van der Waals surface area contributed by atoms with E-state index in [-0.39, 0.29) is 17.7 Å². The lowest BCUT2D eigenvalue weighted by atomic mass is 9.83. The van der Waals surface area contributed by atoms with Gasteiger partial charge in [0.25, 0.3) is 5.91 Å². The molecule has 34 heavy (non-hydrogen) atoms. The number of carbonyl (C=O) groups excluding carboxylic acids is 1. The molecule has 3 aromatic rings. The molecule has 1 amide bonds. The second kappa shape index (κ2) is 8.32. The Hall–Kier alpha value is -4.15. The smallest absolute Gasteiger partial charge is 0.334 e. The van der Waals surface area contributed by atoms with Crippen LogP contribution in [0.15, 0.2) is 41.2 Å². The molecule has 1 N–H and O–H groups in total. The Bertz CT molecular complexity index is 1350. The largest absolute Gasteiger partial charge is 0.493 e. The van der Waals surface area contributed by atoms with Crippen LogP contribution in [0.5, 0.6) is 11.5 Å². The molecule has 0 aliphatic carbocycles. The lowest BCUT2D eigenvalue weighted by molar-refractivity contribution is -0.386. The number of aromatic amines is 1. The Kier molecular flexibility index (Phi) is 5.31. The number of carbonyl (C=O) groups is 1. The minimum absolute atomic E-state index is 0.0446. The van der Waals surface area contributed by atoms with E-state index < -0.39 is 16.2 Å². The van der Waals surface area contributed by atoms with Crippen molar-refractivity contribution in [1.29, 1.82) is 0 Å². The fourth-order valence-corrected chi connectivity index (χ4v) is 4.98. The summed E-state index contributed by atoms with van der Waals surface area (Å²) in [6, 6.07) is 10.0. The van der Waals surface area contributed by atoms with E-state index in [1.807, 2.05) is 6.07 Å². The second-order valence-electron chi connectivity index (χ2n) is 8.56. The van der Waals surface area contributed by atoms with Gasteiger partial charge in [-0.1, -0.05) is 0 Å². The summed E-state index contributed by atoms with van der Waals surface area (Å²) in [4.78, 5) is 38.1. The van der Waals surface area contributed by atoms with Gasteiger partial charge >= 0.3 is 11.2 Å². The molecule has 11 nitrogen and oxygen atoms in total. The Morgan fingerprint density at radius 3 is 2.65 bits per heavy atom. The quantitative estimate of drug-likeness (QED) is 0.452. The number of nitrogens with zero attached hydrogens (tertiary/aromatic N) is 4. The molecule has 1 fully saturated rings. The maximum atomic E-state index is 13.3. The van der Waals surface area contributed by atoms with E-state index in [1.165, 1.54) is 10.6 Å². The van der Waals surface area contributed by atoms with Gasteiger partial charge in [0.05, 0.1) is 24.8 Å². The van der Waals surface area contributed by atoms with Crippen molar-refractivity contribution in [2.45, 2.75) is 18.9 Å². The topological polar surface area (TPSA) is 133 Å². The van der Waals surface area contributed by atoms with E-state index in [4.69, 9.17) is 9.47 Å². The molecule has 11 heteroatoms. The van der Waals surface area contributed by atoms with E-state index in [0.717, 1.165) is 17.7 Å². The predicted octanol–water partition coefficient (Wildman–Crippen LogP) is 2.42. The molecule has 2 atom stereocenters. The lowest BCUT2D eigenvalue weighted by Gasteiger charge is -2.42. The average Bonchev–Trinajstić information content (AvgIpc) is 3.33. The number of rotatable bonds is 5. The number of methoxy groups -OCH3 is 2. The molecule has 2 aromatic heterocycles. The number of nitrogens with one attached hydrogen (secondary N) is 1. The third kappa shape index (κ3) is 3.58. The Morgan fingerprint density at radius 2 is 1.91 bits per heavy atom. The SMILES string of the molecule is COc1ccc(-c2cc(C(=O)N3CC4C[C@@H](C3)Cn3c4ccc([N+](=O)[O-])c3=O)[nH]n2)cc1OC. The number of fused-ring (bicyclic) bond motifs is 4. The number of aromatic nitrogens is 3. The van der Waals surface area contributed by atoms with Crippen LogP contribution >= 0.6 is 0 Å². The standard InChI is InChI=1S/C23H23N5O6/c1-33-20-6-3-14(8-21(20)34-2)16-9-17(25-24-16)22(29)26-10-13-7-15(12-26)18-4-5-19(28(31)32)23(30)27(18)11-13/h3-6,8-9,13,15H,7,10-12H2,1-2H3,(H,24,25)/t13-,15?/m0/s1. The van der Waals surface area contributed by atoms with Crippen molar-refractivity contribution in [3.63, 3.8) is 0 Å². The molecule has 2 aliphatic heterocycles. The molecule has 2 bridgehead atoms. The van der Waals surface area contributed by atoms with Gasteiger partial charge in [0.15, 0.2) is 11.5 Å². The van der Waals surface area contributed by atoms with Crippen LogP contribution in [0.1, 0.15) is 28.5 Å². The first kappa shape index (κ1) is 21.7. The van der Waals surface area contributed by atoms with E-state index >= 15 is 0 Å². The van der Waals surface area contributed by atoms with E-state index in [9.17, 15) is 19.7 Å². The molecular formula is C23H23N5O6. The Balaban J connectivity index is 1.38. The third-order valence-electron chi connectivity index (χ3n) is 6.56. The van der Waals surface area contributed by atoms with Crippen molar-refractivity contribution < 1.29 is 19.2 Å². The summed E-state index contributed by atoms with van der Waals surface area (Å²) >= 11 is 0. The number of likely N-dealkylation sites (tertiary alicyclic amines) is 1. The highest BCUT2D eigenvalue weighted by atomic mass is 16.6. The van der Waals surface area contributed by atoms with Crippen LogP contribution in [0.25, 0.3) is 11.3 Å². The number of amides is 1. The Labute approximate surface area is 194 Å². The summed E-state index contributed by atoms with van der Waals surface area (Å²) in [5.74, 6) is 0.976. The summed E-state index contributed by atoms with van der Waals surface area (Å²) in [5, 5.41) is 18.3. The zero-order valence-electron chi connectivity index (χ0n) is 18.7. The minimum Gasteiger partial charge on any atom is -0.493 e. The maximum Gasteiger partial charge on any atom is 0.334 e. The van der Waals surface area contributed by atoms with Gasteiger partial charge in [0.1, 0.15) is 5.69 Å². The van der Waals surface area contributed by atoms with Gasteiger partial charge in [-0.2, -0.15) is 5.10 Å². The summed E-state index contributed by atoms with van der Waals surface area (Å²) in [6.45, 7) is 1.25. The highest BCUT2D eigenvalue weighted by Gasteiger charge is 2.38. The zero-order valence-corrected chi connectivity index (χ0v) is 18.7. The number of ether oxygens (including phenoxy) is 2. The molecule has 4 heterocycles. The van der Waals surface area contributed by atoms with Crippen LogP contribution in [0.3, 0.4) is 0 Å². The summed E-state index contributed by atoms with van der Waals surface area (Å²) in [7, 11) is 3.12. The molecule has 0 spiro atoms. The number of pyridine rings is 1. The van der Waals surface area contributed by atoms with Crippen LogP contribution < -0.4 is 15.0 Å². The summed E-state index contributed by atoms with van der Waals surface area (Å²) < 4.78 is 12.1. The first-order valence-corrected chi connectivity index (χ1v) is 10.8. The number of nitro groups is 1. The molecule has 5 rings (SSSR count). The monoisotopic (exact) mass is 465 g/mol. The van der Waals surface area contributed by atoms with Crippen LogP contribution in [-0.2, 0) is 6.54 Å². The number of H-pyrrole nitrogens is 1. The van der Waals surface area contributed by atoms with Gasteiger partial charge in [-0.05, 0) is 42.7 Å². The fourth-order valence-electron chi connectivity index (χ4n) is 4.98. The number of hydrogen-bond donors (Lipinski definition) is 1. The van der Waals surface area contributed by atoms with Crippen molar-refractivity contribution in [1.82, 2.24) is 19.7 Å². The number of piperidine rings is 1. The third-order valence-corrected chi connectivity index (χ3v) is 6.56. The van der Waals surface area contributed by atoms with E-state index in [1.54, 1.807) is 43.4 Å². The molecule has 1 unspecified atom stereocenters. The predicted molar refractivity (Wildman–Crippen MR) is 121 cm³/mol. The molecule has 1 saturated heterocycles. The second-order valence-corrected chi connectivity index (χ2v) is 8.56. The maximum absolute atomic E-state index is 13.3. The molecule has 0 radical (unpaired) electrons. The van der Waals surface area contributed by atoms with Crippen LogP contribution in [0.4, 0.5) is 5.69 Å². The van der Waals surface area contributed by atoms with Gasteiger partial charge in [0.2, 0.25) is 0 Å². The zero-order chi connectivity index (χ0) is 24.0. The van der Waals surface area contributed by atoms with Crippen molar-refractivity contribution in [3.8, 4) is 22.8 Å². The van der Waals surface area contributed by atoms with Crippen molar-refractivity contribution in [3.05, 3.63) is 68.3 Å². The van der Waals surface area contributed by atoms with Crippen LogP contribution in [-0.4, -0.2) is 57.8 Å². The normalized spacial score (nSPS) is 18.8. The van der Waals surface area contributed by atoms with Crippen molar-refractivity contribution in [2.75, 3.05) is 27.3 Å².